The van der Waals surface area contributed by atoms with E-state index in [1.54, 1.807) is 18.2 Å². The van der Waals surface area contributed by atoms with Gasteiger partial charge in [-0.1, -0.05) is 18.2 Å². The van der Waals surface area contributed by atoms with Crippen molar-refractivity contribution < 1.29 is 19.2 Å². The van der Waals surface area contributed by atoms with Crippen LogP contribution in [0.2, 0.25) is 0 Å². The van der Waals surface area contributed by atoms with Crippen molar-refractivity contribution in [1.29, 1.82) is 0 Å². The number of para-hydroxylation sites is 1. The van der Waals surface area contributed by atoms with Crippen molar-refractivity contribution in [3.8, 4) is 22.9 Å². The van der Waals surface area contributed by atoms with Gasteiger partial charge >= 0.3 is 0 Å². The fraction of sp³-hybridized carbons (Fsp3) is 0.0476. The zero-order valence-electron chi connectivity index (χ0n) is 15.6. The Kier molecular flexibility index (Phi) is 5.00. The molecule has 0 aliphatic carbocycles. The van der Waals surface area contributed by atoms with Gasteiger partial charge in [-0.3, -0.25) is 14.9 Å². The van der Waals surface area contributed by atoms with E-state index in [9.17, 15) is 20.0 Å². The smallest absolute Gasteiger partial charge is 0.270 e. The van der Waals surface area contributed by atoms with Crippen LogP contribution in [-0.2, 0) is 6.54 Å². The lowest BCUT2D eigenvalue weighted by molar-refractivity contribution is -0.384. The molecule has 9 heteroatoms. The maximum atomic E-state index is 12.9. The second kappa shape index (κ2) is 7.92. The molecule has 0 aliphatic rings. The van der Waals surface area contributed by atoms with E-state index >= 15 is 0 Å². The molecule has 0 saturated carbocycles. The molecule has 2 heterocycles. The average Bonchev–Trinajstić information content (AvgIpc) is 3.43. The lowest BCUT2D eigenvalue weighted by atomic mass is 10.1. The maximum Gasteiger partial charge on any atom is 0.270 e. The Hall–Kier alpha value is -4.40. The monoisotopic (exact) mass is 404 g/mol. The first-order valence-electron chi connectivity index (χ1n) is 8.97. The van der Waals surface area contributed by atoms with E-state index in [1.165, 1.54) is 29.1 Å². The minimum Gasteiger partial charge on any atom is -0.508 e. The first-order chi connectivity index (χ1) is 14.5. The number of hydrogen-bond acceptors (Lipinski definition) is 6. The van der Waals surface area contributed by atoms with Gasteiger partial charge in [0, 0.05) is 30.3 Å². The summed E-state index contributed by atoms with van der Waals surface area (Å²) >= 11 is 0. The number of rotatable bonds is 6. The highest BCUT2D eigenvalue weighted by molar-refractivity contribution is 5.94. The van der Waals surface area contributed by atoms with E-state index in [-0.39, 0.29) is 29.2 Å². The van der Waals surface area contributed by atoms with Crippen molar-refractivity contribution in [1.82, 2.24) is 15.1 Å². The molecule has 0 fully saturated rings. The zero-order chi connectivity index (χ0) is 21.1. The summed E-state index contributed by atoms with van der Waals surface area (Å²) < 4.78 is 6.87. The van der Waals surface area contributed by atoms with Gasteiger partial charge in [-0.2, -0.15) is 5.10 Å². The molecule has 2 aromatic heterocycles. The summed E-state index contributed by atoms with van der Waals surface area (Å²) in [5.41, 5.74) is 1.46. The second-order valence-electron chi connectivity index (χ2n) is 6.39. The van der Waals surface area contributed by atoms with Crippen LogP contribution in [0.25, 0.3) is 17.1 Å². The SMILES string of the molecule is O=C(NCc1cc([N+](=O)[O-])ccc1O)c1cc(-c2ccco2)nn1-c1ccccc1. The highest BCUT2D eigenvalue weighted by atomic mass is 16.6. The number of hydrogen-bond donors (Lipinski definition) is 2. The largest absolute Gasteiger partial charge is 0.508 e. The molecular weight excluding hydrogens is 388 g/mol. The summed E-state index contributed by atoms with van der Waals surface area (Å²) in [6, 6.07) is 17.8. The number of non-ortho nitro benzene ring substituents is 1. The number of aromatic nitrogens is 2. The normalized spacial score (nSPS) is 10.7. The van der Waals surface area contributed by atoms with E-state index in [2.05, 4.69) is 10.4 Å². The molecule has 0 spiro atoms. The van der Waals surface area contributed by atoms with Gasteiger partial charge in [-0.25, -0.2) is 4.68 Å². The molecule has 0 saturated heterocycles. The van der Waals surface area contributed by atoms with Gasteiger partial charge in [0.15, 0.2) is 5.76 Å². The Labute approximate surface area is 170 Å². The number of benzene rings is 2. The number of nitrogens with zero attached hydrogens (tertiary/aromatic N) is 3. The molecule has 1 amide bonds. The Morgan fingerprint density at radius 2 is 1.93 bits per heavy atom. The van der Waals surface area contributed by atoms with Crippen LogP contribution in [0.3, 0.4) is 0 Å². The summed E-state index contributed by atoms with van der Waals surface area (Å²) in [5, 5.41) is 28.1. The molecule has 9 nitrogen and oxygen atoms in total. The maximum absolute atomic E-state index is 12.9. The molecule has 0 unspecified atom stereocenters. The predicted octanol–water partition coefficient (Wildman–Crippen LogP) is 3.68. The predicted molar refractivity (Wildman–Crippen MR) is 107 cm³/mol. The summed E-state index contributed by atoms with van der Waals surface area (Å²) in [6.07, 6.45) is 1.52. The number of nitro groups is 1. The first kappa shape index (κ1) is 18.9. The summed E-state index contributed by atoms with van der Waals surface area (Å²) in [6.45, 7) is -0.0948. The van der Waals surface area contributed by atoms with Gasteiger partial charge in [0.25, 0.3) is 11.6 Å². The van der Waals surface area contributed by atoms with Gasteiger partial charge in [0.2, 0.25) is 0 Å². The zero-order valence-corrected chi connectivity index (χ0v) is 15.6. The van der Waals surface area contributed by atoms with Crippen molar-refractivity contribution in [3.05, 3.63) is 94.4 Å². The third-order valence-corrected chi connectivity index (χ3v) is 4.43. The molecule has 4 aromatic rings. The van der Waals surface area contributed by atoms with Crippen LogP contribution in [0.15, 0.2) is 77.4 Å². The molecule has 30 heavy (non-hydrogen) atoms. The topological polar surface area (TPSA) is 123 Å². The van der Waals surface area contributed by atoms with E-state index < -0.39 is 10.8 Å². The van der Waals surface area contributed by atoms with E-state index in [0.29, 0.717) is 17.1 Å². The van der Waals surface area contributed by atoms with Gasteiger partial charge in [0.1, 0.15) is 17.1 Å². The fourth-order valence-electron chi connectivity index (χ4n) is 2.95. The van der Waals surface area contributed by atoms with Gasteiger partial charge < -0.3 is 14.8 Å². The number of nitro benzene ring substituents is 1. The quantitative estimate of drug-likeness (QED) is 0.373. The Bertz CT molecular complexity index is 1200. The van der Waals surface area contributed by atoms with Crippen LogP contribution >= 0.6 is 0 Å². The molecule has 150 valence electrons. The summed E-state index contributed by atoms with van der Waals surface area (Å²) in [5.74, 6) is -0.0983. The number of furan rings is 1. The minimum absolute atomic E-state index is 0.0948. The van der Waals surface area contributed by atoms with E-state index in [0.717, 1.165) is 0 Å². The van der Waals surface area contributed by atoms with Crippen molar-refractivity contribution >= 4 is 11.6 Å². The van der Waals surface area contributed by atoms with Crippen LogP contribution in [-0.4, -0.2) is 25.7 Å². The summed E-state index contributed by atoms with van der Waals surface area (Å²) in [7, 11) is 0. The van der Waals surface area contributed by atoms with Crippen molar-refractivity contribution in [3.63, 3.8) is 0 Å². The molecule has 2 N–H and O–H groups in total. The Balaban J connectivity index is 1.64. The molecule has 0 radical (unpaired) electrons. The number of phenolic OH excluding ortho intramolecular Hbond substituents is 1. The Morgan fingerprint density at radius 1 is 1.13 bits per heavy atom. The van der Waals surface area contributed by atoms with Crippen LogP contribution in [0.5, 0.6) is 5.75 Å². The number of phenols is 1. The molecular formula is C21H16N4O5. The number of aromatic hydroxyl groups is 1. The number of carbonyl (C=O) groups excluding carboxylic acids is 1. The van der Waals surface area contributed by atoms with E-state index in [4.69, 9.17) is 4.42 Å². The summed E-state index contributed by atoms with van der Waals surface area (Å²) in [4.78, 5) is 23.3. The fourth-order valence-corrected chi connectivity index (χ4v) is 2.95. The highest BCUT2D eigenvalue weighted by Crippen LogP contribution is 2.24. The molecule has 4 rings (SSSR count). The number of nitrogens with one attached hydrogen (secondary N) is 1. The van der Waals surface area contributed by atoms with Crippen LogP contribution < -0.4 is 5.32 Å². The van der Waals surface area contributed by atoms with E-state index in [1.807, 2.05) is 30.3 Å². The van der Waals surface area contributed by atoms with Crippen LogP contribution in [0.4, 0.5) is 5.69 Å². The highest BCUT2D eigenvalue weighted by Gasteiger charge is 2.19. The number of amides is 1. The second-order valence-corrected chi connectivity index (χ2v) is 6.39. The third-order valence-electron chi connectivity index (χ3n) is 4.43. The third kappa shape index (κ3) is 3.76. The lowest BCUT2D eigenvalue weighted by Crippen LogP contribution is -2.25. The number of carbonyl (C=O) groups is 1. The average molecular weight is 404 g/mol. The minimum atomic E-state index is -0.565. The van der Waals surface area contributed by atoms with Gasteiger partial charge in [0.05, 0.1) is 16.9 Å². The molecule has 0 aliphatic heterocycles. The lowest BCUT2D eigenvalue weighted by Gasteiger charge is -2.09. The standard InChI is InChI=1S/C21H16N4O5/c26-19-9-8-16(25(28)29)11-14(19)13-22-21(27)18-12-17(20-7-4-10-30-20)23-24(18)15-5-2-1-3-6-15/h1-12,26H,13H2,(H,22,27). The van der Waals surface area contributed by atoms with Gasteiger partial charge in [-0.05, 0) is 30.3 Å². The van der Waals surface area contributed by atoms with Crippen LogP contribution in [0.1, 0.15) is 16.1 Å². The van der Waals surface area contributed by atoms with Crippen molar-refractivity contribution in [2.45, 2.75) is 6.54 Å². The molecule has 0 atom stereocenters. The Morgan fingerprint density at radius 3 is 2.63 bits per heavy atom. The molecule has 0 bridgehead atoms. The van der Waals surface area contributed by atoms with Crippen molar-refractivity contribution in [2.24, 2.45) is 0 Å². The van der Waals surface area contributed by atoms with Gasteiger partial charge in [-0.15, -0.1) is 0 Å². The first-order valence-corrected chi connectivity index (χ1v) is 8.97. The van der Waals surface area contributed by atoms with Crippen LogP contribution in [0, 0.1) is 10.1 Å². The van der Waals surface area contributed by atoms with Crippen molar-refractivity contribution in [2.75, 3.05) is 0 Å². The molecule has 2 aromatic carbocycles.